The average Bonchev–Trinajstić information content (AvgIpc) is 3.28. The molecule has 0 spiro atoms. The number of carbonyl (C=O) groups excluding carboxylic acids is 4. The molecule has 43 heavy (non-hydrogen) atoms. The van der Waals surface area contributed by atoms with Crippen LogP contribution in [0.3, 0.4) is 0 Å². The second-order valence-corrected chi connectivity index (χ2v) is 14.6. The maximum atomic E-state index is 13.6. The molecule has 6 atom stereocenters. The fourth-order valence-electron chi connectivity index (χ4n) is 5.28. The Balaban J connectivity index is 3.13. The molecule has 0 saturated carbocycles. The molecule has 0 unspecified atom stereocenters. The maximum absolute atomic E-state index is 13.6. The number of hydrogen-bond donors (Lipinski definition) is 5. The summed E-state index contributed by atoms with van der Waals surface area (Å²) in [6.45, 7) is 16.6. The second kappa shape index (κ2) is 18.7. The molecule has 1 heterocycles. The predicted octanol–water partition coefficient (Wildman–Crippen LogP) is 2.76. The molecule has 0 bridgehead atoms. The van der Waals surface area contributed by atoms with Gasteiger partial charge in [0.25, 0.3) is 0 Å². The largest absolute Gasteiger partial charge is 0.444 e. The number of thioether (sulfide) groups is 1. The zero-order valence-electron chi connectivity index (χ0n) is 28.1. The number of aliphatic hydroxyl groups excluding tert-OH is 1. The summed E-state index contributed by atoms with van der Waals surface area (Å²) in [6.07, 6.45) is 2.92. The molecule has 1 aliphatic heterocycles. The van der Waals surface area contributed by atoms with Crippen molar-refractivity contribution in [3.05, 3.63) is 0 Å². The summed E-state index contributed by atoms with van der Waals surface area (Å²) in [5.41, 5.74) is -0.712. The lowest BCUT2D eigenvalue weighted by Gasteiger charge is -2.33. The van der Waals surface area contributed by atoms with Gasteiger partial charge in [-0.25, -0.2) is 4.79 Å². The third-order valence-corrected chi connectivity index (χ3v) is 8.13. The highest BCUT2D eigenvalue weighted by Crippen LogP contribution is 2.29. The van der Waals surface area contributed by atoms with Crippen LogP contribution in [0.5, 0.6) is 0 Å². The fraction of sp³-hybridized carbons (Fsp3) is 0.871. The average molecular weight is 630 g/mol. The molecule has 1 saturated heterocycles. The number of nitrogens with zero attached hydrogens (tertiary/aromatic N) is 1. The Kier molecular flexibility index (Phi) is 16.9. The maximum Gasteiger partial charge on any atom is 0.408 e. The molecule has 0 aliphatic carbocycles. The lowest BCUT2D eigenvalue weighted by molar-refractivity contribution is -0.133. The van der Waals surface area contributed by atoms with Crippen LogP contribution in [-0.4, -0.2) is 102 Å². The van der Waals surface area contributed by atoms with Crippen LogP contribution in [0.25, 0.3) is 0 Å². The second-order valence-electron chi connectivity index (χ2n) is 13.6. The highest BCUT2D eigenvalue weighted by Gasteiger charge is 2.44. The van der Waals surface area contributed by atoms with Gasteiger partial charge in [-0.3, -0.25) is 14.4 Å². The summed E-state index contributed by atoms with van der Waals surface area (Å²) < 4.78 is 5.38. The van der Waals surface area contributed by atoms with Gasteiger partial charge in [-0.05, 0) is 70.9 Å². The minimum Gasteiger partial charge on any atom is -0.444 e. The van der Waals surface area contributed by atoms with E-state index in [0.29, 0.717) is 38.2 Å². The van der Waals surface area contributed by atoms with Crippen molar-refractivity contribution in [2.75, 3.05) is 38.7 Å². The van der Waals surface area contributed by atoms with Gasteiger partial charge in [-0.1, -0.05) is 41.0 Å². The number of unbranched alkanes of at least 4 members (excludes halogenated alkanes) is 1. The molecule has 1 aliphatic rings. The molecule has 4 amide bonds. The van der Waals surface area contributed by atoms with Gasteiger partial charge in [0.2, 0.25) is 17.7 Å². The summed E-state index contributed by atoms with van der Waals surface area (Å²) in [5.74, 6) is -1.25. The van der Waals surface area contributed by atoms with Crippen molar-refractivity contribution in [3.63, 3.8) is 0 Å². The van der Waals surface area contributed by atoms with Crippen molar-refractivity contribution in [3.8, 4) is 0 Å². The van der Waals surface area contributed by atoms with Gasteiger partial charge in [0, 0.05) is 25.6 Å². The molecule has 250 valence electrons. The molecule has 1 fully saturated rings. The van der Waals surface area contributed by atoms with E-state index < -0.39 is 53.7 Å². The lowest BCUT2D eigenvalue weighted by Crippen LogP contribution is -2.56. The Bertz CT molecular complexity index is 896. The van der Waals surface area contributed by atoms with Crippen molar-refractivity contribution >= 4 is 35.6 Å². The third-order valence-electron chi connectivity index (χ3n) is 7.48. The van der Waals surface area contributed by atoms with Gasteiger partial charge in [0.05, 0.1) is 18.1 Å². The summed E-state index contributed by atoms with van der Waals surface area (Å²) in [4.78, 5) is 54.5. The predicted molar refractivity (Wildman–Crippen MR) is 173 cm³/mol. The summed E-state index contributed by atoms with van der Waals surface area (Å²) >= 11 is 1.56. The van der Waals surface area contributed by atoms with Gasteiger partial charge >= 0.3 is 6.09 Å². The van der Waals surface area contributed by atoms with Crippen molar-refractivity contribution in [1.82, 2.24) is 26.2 Å². The van der Waals surface area contributed by atoms with E-state index in [2.05, 4.69) is 21.3 Å². The van der Waals surface area contributed by atoms with Crippen molar-refractivity contribution in [1.29, 1.82) is 0 Å². The molecule has 5 N–H and O–H groups in total. The van der Waals surface area contributed by atoms with Gasteiger partial charge < -0.3 is 36.0 Å². The smallest absolute Gasteiger partial charge is 0.408 e. The number of rotatable bonds is 17. The Hall–Kier alpha value is -2.05. The molecule has 11 nitrogen and oxygen atoms in total. The molecule has 0 aromatic rings. The zero-order chi connectivity index (χ0) is 32.9. The molecular formula is C31H59N5O6S. The lowest BCUT2D eigenvalue weighted by atomic mass is 9.83. The van der Waals surface area contributed by atoms with Crippen LogP contribution in [0.2, 0.25) is 0 Å². The number of hydrogen-bond acceptors (Lipinski definition) is 8. The number of carbonyl (C=O) groups is 4. The van der Waals surface area contributed by atoms with Crippen LogP contribution in [0.1, 0.15) is 81.1 Å². The van der Waals surface area contributed by atoms with Gasteiger partial charge in [0.15, 0.2) is 0 Å². The minimum atomic E-state index is -1.02. The third kappa shape index (κ3) is 14.1. The van der Waals surface area contributed by atoms with E-state index >= 15 is 0 Å². The quantitative estimate of drug-likeness (QED) is 0.154. The first kappa shape index (κ1) is 39.0. The van der Waals surface area contributed by atoms with Crippen LogP contribution < -0.4 is 21.3 Å². The Morgan fingerprint density at radius 1 is 1.02 bits per heavy atom. The zero-order valence-corrected chi connectivity index (χ0v) is 28.9. The summed E-state index contributed by atoms with van der Waals surface area (Å²) in [5, 5.41) is 23.3. The Morgan fingerprint density at radius 2 is 1.67 bits per heavy atom. The van der Waals surface area contributed by atoms with E-state index in [9.17, 15) is 24.3 Å². The van der Waals surface area contributed by atoms with E-state index in [-0.39, 0.29) is 23.7 Å². The summed E-state index contributed by atoms with van der Waals surface area (Å²) in [7, 11) is 1.89. The van der Waals surface area contributed by atoms with Crippen LogP contribution >= 0.6 is 11.8 Å². The standard InChI is InChI=1S/C31H59N5O6S/c1-11-12-14-32-29(40)25(20(4)5)35-27(38)22-18-36(9)17-21(22)26(37)24(16-19(2)3)33-28(39)23(13-15-43-10)34-30(41)42-31(6,7)8/h19-26,37H,11-18H2,1-10H3,(H,32,40)(H,33,39)(H,34,41)(H,35,38)/t21-,22-,23+,24+,25+,26+/m1/s1. The van der Waals surface area contributed by atoms with Gasteiger partial charge in [0.1, 0.15) is 17.7 Å². The van der Waals surface area contributed by atoms with E-state index in [1.165, 1.54) is 0 Å². The molecule has 12 heteroatoms. The first-order chi connectivity index (χ1) is 20.0. The number of amides is 4. The first-order valence-electron chi connectivity index (χ1n) is 15.7. The topological polar surface area (TPSA) is 149 Å². The van der Waals surface area contributed by atoms with Crippen LogP contribution in [-0.2, 0) is 19.1 Å². The van der Waals surface area contributed by atoms with Crippen molar-refractivity contribution in [2.45, 2.75) is 111 Å². The van der Waals surface area contributed by atoms with Crippen molar-refractivity contribution < 1.29 is 29.0 Å². The Labute approximate surface area is 263 Å². The number of aliphatic hydroxyl groups is 1. The first-order valence-corrected chi connectivity index (χ1v) is 17.1. The minimum absolute atomic E-state index is 0.114. The molecule has 1 rings (SSSR count). The highest BCUT2D eigenvalue weighted by atomic mass is 32.2. The number of likely N-dealkylation sites (tertiary alicyclic amines) is 1. The van der Waals surface area contributed by atoms with E-state index in [1.807, 2.05) is 52.8 Å². The normalized spacial score (nSPS) is 20.3. The summed E-state index contributed by atoms with van der Waals surface area (Å²) in [6, 6.07) is -2.17. The van der Waals surface area contributed by atoms with Crippen molar-refractivity contribution in [2.24, 2.45) is 23.7 Å². The molecule has 0 aromatic heterocycles. The number of alkyl carbamates (subject to hydrolysis) is 1. The van der Waals surface area contributed by atoms with Gasteiger partial charge in [-0.15, -0.1) is 0 Å². The van der Waals surface area contributed by atoms with Crippen LogP contribution in [0.4, 0.5) is 4.79 Å². The molecular weight excluding hydrogens is 570 g/mol. The monoisotopic (exact) mass is 629 g/mol. The number of ether oxygens (including phenoxy) is 1. The van der Waals surface area contributed by atoms with E-state index in [1.54, 1.807) is 32.5 Å². The van der Waals surface area contributed by atoms with E-state index in [4.69, 9.17) is 4.74 Å². The van der Waals surface area contributed by atoms with Gasteiger partial charge in [-0.2, -0.15) is 11.8 Å². The Morgan fingerprint density at radius 3 is 2.21 bits per heavy atom. The number of nitrogens with one attached hydrogen (secondary N) is 4. The van der Waals surface area contributed by atoms with Crippen LogP contribution in [0, 0.1) is 23.7 Å². The SMILES string of the molecule is CCCCNC(=O)[C@@H](NC(=O)[C@@H]1CN(C)C[C@H]1[C@H](O)[C@H](CC(C)C)NC(=O)[C@H](CCSC)NC(=O)OC(C)(C)C)C(C)C. The van der Waals surface area contributed by atoms with Crippen LogP contribution in [0.15, 0.2) is 0 Å². The highest BCUT2D eigenvalue weighted by molar-refractivity contribution is 7.98. The fourth-order valence-corrected chi connectivity index (χ4v) is 5.75. The molecule has 0 radical (unpaired) electrons. The molecule has 0 aromatic carbocycles. The van der Waals surface area contributed by atoms with E-state index in [0.717, 1.165) is 12.8 Å².